The van der Waals surface area contributed by atoms with Crippen molar-refractivity contribution < 1.29 is 24.0 Å². The summed E-state index contributed by atoms with van der Waals surface area (Å²) in [6, 6.07) is 0. The highest BCUT2D eigenvalue weighted by Crippen LogP contribution is 2.28. The van der Waals surface area contributed by atoms with Crippen LogP contribution in [-0.2, 0) is 16.1 Å². The number of aromatic hydroxyl groups is 1. The van der Waals surface area contributed by atoms with Gasteiger partial charge in [0, 0.05) is 0 Å². The minimum atomic E-state index is -0.951. The fourth-order valence-corrected chi connectivity index (χ4v) is 3.06. The van der Waals surface area contributed by atoms with Crippen LogP contribution in [0.5, 0.6) is 5.88 Å². The number of ether oxygens (including phenoxy) is 1. The summed E-state index contributed by atoms with van der Waals surface area (Å²) < 4.78 is 6.87. The zero-order valence-corrected chi connectivity index (χ0v) is 11.8. The highest BCUT2D eigenvalue weighted by atomic mass is 32.2. The molecule has 0 spiro atoms. The number of carbonyl (C=O) groups excluding carboxylic acids is 2. The Morgan fingerprint density at radius 2 is 2.28 bits per heavy atom. The topological polar surface area (TPSA) is 67.5 Å². The molecule has 0 saturated carbocycles. The molecule has 0 aromatic carbocycles. The number of hydrogen-bond donors (Lipinski definition) is 1. The number of thiazole rings is 1. The smallest absolute Gasteiger partial charge is 0.389 e. The Kier molecular flexibility index (Phi) is 5.36. The first-order valence-corrected chi connectivity index (χ1v) is 7.22. The van der Waals surface area contributed by atoms with E-state index >= 15 is 0 Å². The Morgan fingerprint density at radius 1 is 1.61 bits per heavy atom. The van der Waals surface area contributed by atoms with Crippen LogP contribution in [-0.4, -0.2) is 29.7 Å². The molecule has 1 heterocycles. The van der Waals surface area contributed by atoms with Gasteiger partial charge >= 0.3 is 16.2 Å². The molecule has 7 heteroatoms. The van der Waals surface area contributed by atoms with Crippen molar-refractivity contribution in [2.24, 2.45) is 0 Å². The number of aromatic nitrogens is 1. The van der Waals surface area contributed by atoms with Crippen molar-refractivity contribution in [3.8, 4) is 5.88 Å². The number of carbonyl (C=O) groups is 2. The molecule has 1 aromatic rings. The Bertz CT molecular complexity index is 482. The Morgan fingerprint density at radius 3 is 2.78 bits per heavy atom. The monoisotopic (exact) mass is 288 g/mol. The van der Waals surface area contributed by atoms with E-state index < -0.39 is 11.8 Å². The number of thioether (sulfide) groups is 1. The van der Waals surface area contributed by atoms with Crippen LogP contribution >= 0.6 is 23.1 Å². The van der Waals surface area contributed by atoms with Crippen LogP contribution < -0.4 is 4.57 Å². The van der Waals surface area contributed by atoms with Gasteiger partial charge in [0.15, 0.2) is 6.54 Å². The number of nitrogens with zero attached hydrogens (tertiary/aromatic N) is 1. The van der Waals surface area contributed by atoms with E-state index in [1.165, 1.54) is 16.3 Å². The Labute approximate surface area is 113 Å². The number of hydrogen-bond acceptors (Lipinski definition) is 6. The molecule has 1 N–H and O–H groups in total. The minimum Gasteiger partial charge on any atom is -0.460 e. The molecular formula is C11H14NO4S2+. The van der Waals surface area contributed by atoms with Gasteiger partial charge in [-0.25, -0.2) is 4.79 Å². The van der Waals surface area contributed by atoms with Crippen LogP contribution in [0.15, 0.2) is 17.0 Å². The van der Waals surface area contributed by atoms with Crippen LogP contribution in [0.2, 0.25) is 0 Å². The molecule has 98 valence electrons. The second-order valence-electron chi connectivity index (χ2n) is 3.17. The first kappa shape index (κ1) is 14.7. The standard InChI is InChI=1S/C11H13NO4S2/c1-4-6-12-9(14)8(18-11(12)17-3)7(13)10(15)16-5-2/h4H,1,5-6H2,2-3H3/p+1. The normalized spacial score (nSPS) is 10.1. The lowest BCUT2D eigenvalue weighted by atomic mass is 10.3. The van der Waals surface area contributed by atoms with Gasteiger partial charge in [0.05, 0.1) is 6.61 Å². The molecule has 0 aliphatic rings. The van der Waals surface area contributed by atoms with Crippen molar-refractivity contribution in [1.82, 2.24) is 0 Å². The van der Waals surface area contributed by atoms with Crippen LogP contribution in [0, 0.1) is 0 Å². The highest BCUT2D eigenvalue weighted by molar-refractivity contribution is 8.00. The zero-order chi connectivity index (χ0) is 13.7. The molecule has 0 fully saturated rings. The van der Waals surface area contributed by atoms with E-state index in [-0.39, 0.29) is 17.4 Å². The predicted molar refractivity (Wildman–Crippen MR) is 69.1 cm³/mol. The third-order valence-electron chi connectivity index (χ3n) is 2.02. The Hall–Kier alpha value is -1.34. The van der Waals surface area contributed by atoms with E-state index in [1.54, 1.807) is 13.0 Å². The average Bonchev–Trinajstić information content (AvgIpc) is 2.67. The van der Waals surface area contributed by atoms with Crippen LogP contribution in [0.25, 0.3) is 0 Å². The summed E-state index contributed by atoms with van der Waals surface area (Å²) in [6.07, 6.45) is 3.42. The van der Waals surface area contributed by atoms with E-state index in [0.29, 0.717) is 6.54 Å². The first-order chi connectivity index (χ1) is 8.56. The molecule has 5 nitrogen and oxygen atoms in total. The molecule has 0 aliphatic carbocycles. The fourth-order valence-electron chi connectivity index (χ4n) is 1.28. The number of rotatable bonds is 6. The predicted octanol–water partition coefficient (Wildman–Crippen LogP) is 1.39. The van der Waals surface area contributed by atoms with Gasteiger partial charge in [0.1, 0.15) is 0 Å². The summed E-state index contributed by atoms with van der Waals surface area (Å²) in [5.41, 5.74) is 0. The molecule has 0 radical (unpaired) electrons. The number of ketones is 1. The molecule has 1 aromatic heterocycles. The SMILES string of the molecule is C=CC[n+]1c(SC)sc(C(=O)C(=O)OCC)c1O. The quantitative estimate of drug-likeness (QED) is 0.214. The molecule has 18 heavy (non-hydrogen) atoms. The molecule has 0 saturated heterocycles. The van der Waals surface area contributed by atoms with Gasteiger partial charge in [-0.1, -0.05) is 6.58 Å². The highest BCUT2D eigenvalue weighted by Gasteiger charge is 2.33. The van der Waals surface area contributed by atoms with Crippen molar-refractivity contribution in [3.63, 3.8) is 0 Å². The summed E-state index contributed by atoms with van der Waals surface area (Å²) in [7, 11) is 0. The van der Waals surface area contributed by atoms with Crippen molar-refractivity contribution in [2.45, 2.75) is 17.8 Å². The van der Waals surface area contributed by atoms with Crippen molar-refractivity contribution in [2.75, 3.05) is 12.9 Å². The van der Waals surface area contributed by atoms with Crippen molar-refractivity contribution in [3.05, 3.63) is 17.5 Å². The van der Waals surface area contributed by atoms with E-state index in [0.717, 1.165) is 15.7 Å². The molecule has 1 rings (SSSR count). The molecule has 0 aliphatic heterocycles. The number of Topliss-reactive ketones (excluding diaryl/α,β-unsaturated/α-hetero) is 1. The minimum absolute atomic E-state index is 0.000324. The number of allylic oxidation sites excluding steroid dienone is 1. The van der Waals surface area contributed by atoms with E-state index in [1.807, 2.05) is 6.26 Å². The second-order valence-corrected chi connectivity index (χ2v) is 5.23. The maximum atomic E-state index is 11.8. The van der Waals surface area contributed by atoms with Crippen molar-refractivity contribution in [1.29, 1.82) is 0 Å². The van der Waals surface area contributed by atoms with Gasteiger partial charge in [-0.3, -0.25) is 4.79 Å². The fraction of sp³-hybridized carbons (Fsp3) is 0.364. The van der Waals surface area contributed by atoms with Crippen LogP contribution in [0.4, 0.5) is 0 Å². The van der Waals surface area contributed by atoms with Crippen LogP contribution in [0.3, 0.4) is 0 Å². The maximum Gasteiger partial charge on any atom is 0.389 e. The molecule has 0 unspecified atom stereocenters. The van der Waals surface area contributed by atoms with Gasteiger partial charge in [-0.15, -0.1) is 4.57 Å². The summed E-state index contributed by atoms with van der Waals surface area (Å²) in [4.78, 5) is 23.1. The first-order valence-electron chi connectivity index (χ1n) is 5.18. The largest absolute Gasteiger partial charge is 0.460 e. The third kappa shape index (κ3) is 2.91. The van der Waals surface area contributed by atoms with Gasteiger partial charge in [0.2, 0.25) is 4.88 Å². The summed E-state index contributed by atoms with van der Waals surface area (Å²) in [5, 5.41) is 9.94. The van der Waals surface area contributed by atoms with Gasteiger partial charge < -0.3 is 9.84 Å². The van der Waals surface area contributed by atoms with Crippen LogP contribution in [0.1, 0.15) is 16.6 Å². The zero-order valence-electron chi connectivity index (χ0n) is 10.1. The Balaban J connectivity index is 3.13. The van der Waals surface area contributed by atoms with E-state index in [2.05, 4.69) is 11.3 Å². The van der Waals surface area contributed by atoms with Gasteiger partial charge in [0.25, 0.3) is 5.78 Å². The lowest BCUT2D eigenvalue weighted by Crippen LogP contribution is -2.33. The average molecular weight is 288 g/mol. The van der Waals surface area contributed by atoms with Gasteiger partial charge in [-0.2, -0.15) is 0 Å². The summed E-state index contributed by atoms with van der Waals surface area (Å²) in [6.45, 7) is 5.69. The second kappa shape index (κ2) is 6.55. The summed E-state index contributed by atoms with van der Waals surface area (Å²) in [5.74, 6) is -1.99. The molecule has 0 atom stereocenters. The molecule has 0 amide bonds. The van der Waals surface area contributed by atoms with E-state index in [4.69, 9.17) is 0 Å². The molecule has 0 bridgehead atoms. The molecular weight excluding hydrogens is 274 g/mol. The maximum absolute atomic E-state index is 11.8. The lowest BCUT2D eigenvalue weighted by Gasteiger charge is -1.96. The number of esters is 1. The third-order valence-corrected chi connectivity index (χ3v) is 4.31. The van der Waals surface area contributed by atoms with Crippen molar-refractivity contribution >= 4 is 34.9 Å². The summed E-state index contributed by atoms with van der Waals surface area (Å²) >= 11 is 2.45. The van der Waals surface area contributed by atoms with E-state index in [9.17, 15) is 14.7 Å². The van der Waals surface area contributed by atoms with Gasteiger partial charge in [-0.05, 0) is 42.4 Å². The lowest BCUT2D eigenvalue weighted by molar-refractivity contribution is -0.721.